The molecular weight excluding hydrogens is 511 g/mol. The molecule has 39 heavy (non-hydrogen) atoms. The van der Waals surface area contributed by atoms with Crippen molar-refractivity contribution in [3.8, 4) is 22.8 Å². The summed E-state index contributed by atoms with van der Waals surface area (Å²) in [5, 5.41) is 0. The first-order valence-electron chi connectivity index (χ1n) is 12.7. The van der Waals surface area contributed by atoms with E-state index < -0.39 is 40.2 Å². The van der Waals surface area contributed by atoms with Crippen LogP contribution >= 0.6 is 0 Å². The third-order valence-electron chi connectivity index (χ3n) is 7.43. The zero-order chi connectivity index (χ0) is 27.7. The van der Waals surface area contributed by atoms with E-state index in [1.807, 2.05) is 11.0 Å². The Morgan fingerprint density at radius 3 is 2.36 bits per heavy atom. The Morgan fingerprint density at radius 1 is 0.949 bits per heavy atom. The maximum absolute atomic E-state index is 14.5. The lowest BCUT2D eigenvalue weighted by atomic mass is 10.0. The number of pyridine rings is 1. The minimum absolute atomic E-state index is 0.0123. The summed E-state index contributed by atoms with van der Waals surface area (Å²) in [5.41, 5.74) is -0.877. The van der Waals surface area contributed by atoms with Crippen LogP contribution < -0.4 is 9.47 Å². The first-order chi connectivity index (χ1) is 18.8. The number of halogens is 3. The molecule has 2 heterocycles. The van der Waals surface area contributed by atoms with E-state index in [0.717, 1.165) is 36.6 Å². The number of aryl methyl sites for hydroxylation is 1. The molecule has 1 aliphatic heterocycles. The molecule has 1 aromatic heterocycles. The number of nitrogens with zero attached hydrogens (tertiary/aromatic N) is 3. The lowest BCUT2D eigenvalue weighted by Crippen LogP contribution is -2.58. The van der Waals surface area contributed by atoms with Gasteiger partial charge in [0.2, 0.25) is 5.91 Å². The monoisotopic (exact) mass is 539 g/mol. The normalized spacial score (nSPS) is 15.8. The fourth-order valence-electron chi connectivity index (χ4n) is 5.19. The highest BCUT2D eigenvalue weighted by molar-refractivity contribution is 5.93. The molecule has 2 amide bonds. The number of carbonyl (C=O) groups excluding carboxylic acids is 2. The van der Waals surface area contributed by atoms with E-state index in [0.29, 0.717) is 31.0 Å². The maximum atomic E-state index is 14.5. The van der Waals surface area contributed by atoms with Crippen molar-refractivity contribution >= 4 is 11.8 Å². The third kappa shape index (κ3) is 5.15. The van der Waals surface area contributed by atoms with E-state index in [2.05, 4.69) is 4.98 Å². The van der Waals surface area contributed by atoms with Gasteiger partial charge in [-0.15, -0.1) is 0 Å². The molecule has 0 atom stereocenters. The van der Waals surface area contributed by atoms with Crippen LogP contribution in [-0.2, 0) is 11.2 Å². The van der Waals surface area contributed by atoms with Crippen LogP contribution in [-0.4, -0.2) is 66.0 Å². The molecule has 0 radical (unpaired) electrons. The number of carbonyl (C=O) groups is 2. The molecule has 10 heteroatoms. The van der Waals surface area contributed by atoms with Gasteiger partial charge in [0.05, 0.1) is 25.3 Å². The minimum atomic E-state index is -0.971. The molecule has 3 aromatic rings. The van der Waals surface area contributed by atoms with Gasteiger partial charge in [-0.25, -0.2) is 18.2 Å². The van der Waals surface area contributed by atoms with E-state index in [4.69, 9.17) is 9.47 Å². The van der Waals surface area contributed by atoms with Crippen LogP contribution in [0, 0.1) is 17.5 Å². The summed E-state index contributed by atoms with van der Waals surface area (Å²) in [4.78, 5) is 34.0. The summed E-state index contributed by atoms with van der Waals surface area (Å²) in [5.74, 6) is -2.00. The first kappa shape index (κ1) is 26.5. The van der Waals surface area contributed by atoms with Gasteiger partial charge < -0.3 is 19.3 Å². The number of ether oxygens (including phenoxy) is 2. The Balaban J connectivity index is 1.29. The zero-order valence-corrected chi connectivity index (χ0v) is 21.7. The average molecular weight is 540 g/mol. The molecule has 5 rings (SSSR count). The van der Waals surface area contributed by atoms with Crippen LogP contribution in [0.25, 0.3) is 11.3 Å². The SMILES string of the molecule is COc1ccc(OC)c(CCC(=O)N2CCN(C(=O)c3ccc(F)c(-c4c(F)cccc4F)n3)CC23CC3)c1. The summed E-state index contributed by atoms with van der Waals surface area (Å²) in [6, 6.07) is 10.8. The molecule has 0 unspecified atom stereocenters. The predicted molar refractivity (Wildman–Crippen MR) is 137 cm³/mol. The molecule has 2 fully saturated rings. The summed E-state index contributed by atoms with van der Waals surface area (Å²) in [7, 11) is 3.16. The lowest BCUT2D eigenvalue weighted by Gasteiger charge is -2.42. The van der Waals surface area contributed by atoms with Gasteiger partial charge in [0, 0.05) is 26.1 Å². The lowest BCUT2D eigenvalue weighted by molar-refractivity contribution is -0.136. The van der Waals surface area contributed by atoms with E-state index in [1.54, 1.807) is 31.3 Å². The number of piperazine rings is 1. The second-order valence-corrected chi connectivity index (χ2v) is 9.80. The number of rotatable bonds is 7. The first-order valence-corrected chi connectivity index (χ1v) is 12.7. The van der Waals surface area contributed by atoms with Crippen LogP contribution in [0.3, 0.4) is 0 Å². The van der Waals surface area contributed by atoms with Crippen LogP contribution in [0.2, 0.25) is 0 Å². The van der Waals surface area contributed by atoms with Crippen molar-refractivity contribution in [1.82, 2.24) is 14.8 Å². The van der Waals surface area contributed by atoms with Crippen molar-refractivity contribution in [1.29, 1.82) is 0 Å². The Morgan fingerprint density at radius 2 is 1.69 bits per heavy atom. The quantitative estimate of drug-likeness (QED) is 0.438. The Labute approximate surface area is 224 Å². The van der Waals surface area contributed by atoms with Crippen molar-refractivity contribution < 1.29 is 32.2 Å². The van der Waals surface area contributed by atoms with Gasteiger partial charge in [-0.1, -0.05) is 6.07 Å². The number of hydrogen-bond donors (Lipinski definition) is 0. The van der Waals surface area contributed by atoms with Crippen LogP contribution in [0.1, 0.15) is 35.3 Å². The predicted octanol–water partition coefficient (Wildman–Crippen LogP) is 4.63. The van der Waals surface area contributed by atoms with Gasteiger partial charge in [0.25, 0.3) is 5.91 Å². The summed E-state index contributed by atoms with van der Waals surface area (Å²) >= 11 is 0. The number of aromatic nitrogens is 1. The van der Waals surface area contributed by atoms with Gasteiger partial charge in [-0.05, 0) is 67.3 Å². The van der Waals surface area contributed by atoms with Gasteiger partial charge in [-0.3, -0.25) is 9.59 Å². The molecule has 2 aromatic carbocycles. The molecular formula is C29H28F3N3O4. The molecule has 1 aliphatic carbocycles. The van der Waals surface area contributed by atoms with Crippen LogP contribution in [0.15, 0.2) is 48.5 Å². The fraction of sp³-hybridized carbons (Fsp3) is 0.345. The van der Waals surface area contributed by atoms with Crippen LogP contribution in [0.5, 0.6) is 11.5 Å². The van der Waals surface area contributed by atoms with Gasteiger partial charge in [0.15, 0.2) is 0 Å². The maximum Gasteiger partial charge on any atom is 0.272 e. The Kier molecular flexibility index (Phi) is 7.20. The smallest absolute Gasteiger partial charge is 0.272 e. The second-order valence-electron chi connectivity index (χ2n) is 9.80. The van der Waals surface area contributed by atoms with Gasteiger partial charge in [-0.2, -0.15) is 0 Å². The molecule has 1 saturated heterocycles. The molecule has 204 valence electrons. The van der Waals surface area contributed by atoms with E-state index in [9.17, 15) is 22.8 Å². The fourth-order valence-corrected chi connectivity index (χ4v) is 5.19. The highest BCUT2D eigenvalue weighted by Gasteiger charge is 2.53. The number of amides is 2. The molecule has 1 saturated carbocycles. The molecule has 0 bridgehead atoms. The zero-order valence-electron chi connectivity index (χ0n) is 21.7. The van der Waals surface area contributed by atoms with Gasteiger partial charge >= 0.3 is 0 Å². The molecule has 1 spiro atoms. The van der Waals surface area contributed by atoms with Crippen molar-refractivity contribution in [3.05, 3.63) is 77.2 Å². The third-order valence-corrected chi connectivity index (χ3v) is 7.43. The topological polar surface area (TPSA) is 72.0 Å². The highest BCUT2D eigenvalue weighted by atomic mass is 19.1. The Bertz CT molecular complexity index is 1410. The van der Waals surface area contributed by atoms with E-state index in [-0.39, 0.29) is 24.6 Å². The largest absolute Gasteiger partial charge is 0.497 e. The molecule has 2 aliphatic rings. The standard InChI is InChI=1S/C29H28F3N3O4/c1-38-19-7-10-24(39-2)18(16-19)6-11-25(36)35-15-14-34(17-29(35)12-13-29)28(37)23-9-8-22(32)27(33-23)26-20(30)4-3-5-21(26)31/h3-5,7-10,16H,6,11-15,17H2,1-2H3. The van der Waals surface area contributed by atoms with Gasteiger partial charge in [0.1, 0.15) is 40.3 Å². The summed E-state index contributed by atoms with van der Waals surface area (Å²) in [6.07, 6.45) is 2.26. The van der Waals surface area contributed by atoms with Crippen molar-refractivity contribution in [3.63, 3.8) is 0 Å². The van der Waals surface area contributed by atoms with Crippen molar-refractivity contribution in [2.45, 2.75) is 31.2 Å². The summed E-state index contributed by atoms with van der Waals surface area (Å²) < 4.78 is 53.8. The minimum Gasteiger partial charge on any atom is -0.497 e. The molecule has 7 nitrogen and oxygen atoms in total. The number of hydrogen-bond acceptors (Lipinski definition) is 5. The second kappa shape index (κ2) is 10.6. The number of methoxy groups -OCH3 is 2. The Hall–Kier alpha value is -4.08. The molecule has 0 N–H and O–H groups in total. The van der Waals surface area contributed by atoms with E-state index in [1.165, 1.54) is 12.1 Å². The number of benzene rings is 2. The van der Waals surface area contributed by atoms with Crippen LogP contribution in [0.4, 0.5) is 13.2 Å². The average Bonchev–Trinajstić information content (AvgIpc) is 3.70. The summed E-state index contributed by atoms with van der Waals surface area (Å²) in [6.45, 7) is 0.912. The van der Waals surface area contributed by atoms with Crippen molar-refractivity contribution in [2.75, 3.05) is 33.9 Å². The van der Waals surface area contributed by atoms with Crippen molar-refractivity contribution in [2.24, 2.45) is 0 Å². The highest BCUT2D eigenvalue weighted by Crippen LogP contribution is 2.45. The van der Waals surface area contributed by atoms with E-state index >= 15 is 0 Å².